The second-order valence-corrected chi connectivity index (χ2v) is 4.77. The number of rotatable bonds is 3. The Morgan fingerprint density at radius 1 is 1.29 bits per heavy atom. The molecule has 1 aromatic carbocycles. The molecule has 88 valence electrons. The summed E-state index contributed by atoms with van der Waals surface area (Å²) in [5, 5.41) is 10.5. The van der Waals surface area contributed by atoms with Crippen molar-refractivity contribution >= 4 is 10.9 Å². The van der Waals surface area contributed by atoms with Crippen molar-refractivity contribution in [1.82, 2.24) is 4.57 Å². The summed E-state index contributed by atoms with van der Waals surface area (Å²) >= 11 is 0. The molecule has 0 aliphatic heterocycles. The molecule has 0 bridgehead atoms. The average molecular weight is 229 g/mol. The van der Waals surface area contributed by atoms with Gasteiger partial charge in [-0.25, -0.2) is 0 Å². The average Bonchev–Trinajstić information content (AvgIpc) is 3.13. The standard InChI is InChI=1S/C14H15NO2/c16-13-9-14(17)15(8-7-10-5-6-10)12-4-2-1-3-11(12)13/h1-4,9-10,16H,5-8H2. The number of fused-ring (bicyclic) bond motifs is 1. The number of aromatic hydroxyl groups is 1. The van der Waals surface area contributed by atoms with Crippen molar-refractivity contribution in [3.05, 3.63) is 40.7 Å². The summed E-state index contributed by atoms with van der Waals surface area (Å²) in [5.74, 6) is 0.878. The molecule has 0 saturated heterocycles. The maximum Gasteiger partial charge on any atom is 0.254 e. The minimum Gasteiger partial charge on any atom is -0.507 e. The Balaban J connectivity index is 2.10. The second kappa shape index (κ2) is 3.91. The number of hydrogen-bond acceptors (Lipinski definition) is 2. The molecule has 1 saturated carbocycles. The van der Waals surface area contributed by atoms with Crippen LogP contribution in [0.15, 0.2) is 35.1 Å². The van der Waals surface area contributed by atoms with Crippen molar-refractivity contribution in [2.75, 3.05) is 0 Å². The van der Waals surface area contributed by atoms with Crippen molar-refractivity contribution in [3.8, 4) is 5.75 Å². The molecule has 1 aliphatic rings. The lowest BCUT2D eigenvalue weighted by atomic mass is 10.2. The van der Waals surface area contributed by atoms with Gasteiger partial charge in [-0.05, 0) is 24.5 Å². The molecule has 0 atom stereocenters. The van der Waals surface area contributed by atoms with E-state index in [0.29, 0.717) is 0 Å². The quantitative estimate of drug-likeness (QED) is 0.878. The van der Waals surface area contributed by atoms with Crippen LogP contribution in [0.25, 0.3) is 10.9 Å². The Morgan fingerprint density at radius 2 is 2.06 bits per heavy atom. The number of para-hydroxylation sites is 1. The van der Waals surface area contributed by atoms with E-state index >= 15 is 0 Å². The van der Waals surface area contributed by atoms with Gasteiger partial charge < -0.3 is 9.67 Å². The molecule has 3 heteroatoms. The highest BCUT2D eigenvalue weighted by Gasteiger charge is 2.21. The van der Waals surface area contributed by atoms with E-state index in [-0.39, 0.29) is 11.3 Å². The summed E-state index contributed by atoms with van der Waals surface area (Å²) in [4.78, 5) is 11.9. The number of benzene rings is 1. The molecule has 1 aliphatic carbocycles. The van der Waals surface area contributed by atoms with E-state index in [2.05, 4.69) is 0 Å². The Hall–Kier alpha value is -1.77. The molecule has 0 amide bonds. The number of pyridine rings is 1. The smallest absolute Gasteiger partial charge is 0.254 e. The summed E-state index contributed by atoms with van der Waals surface area (Å²) in [6.07, 6.45) is 3.66. The molecule has 1 N–H and O–H groups in total. The van der Waals surface area contributed by atoms with Crippen molar-refractivity contribution < 1.29 is 5.11 Å². The SMILES string of the molecule is O=c1cc(O)c2ccccc2n1CCC1CC1. The number of aromatic nitrogens is 1. The summed E-state index contributed by atoms with van der Waals surface area (Å²) < 4.78 is 1.77. The first kappa shape index (κ1) is 10.4. The highest BCUT2D eigenvalue weighted by atomic mass is 16.3. The Bertz CT molecular complexity index is 611. The van der Waals surface area contributed by atoms with E-state index in [1.165, 1.54) is 18.9 Å². The summed E-state index contributed by atoms with van der Waals surface area (Å²) in [5.41, 5.74) is 0.722. The highest BCUT2D eigenvalue weighted by molar-refractivity contribution is 5.84. The van der Waals surface area contributed by atoms with Crippen LogP contribution >= 0.6 is 0 Å². The molecular weight excluding hydrogens is 214 g/mol. The van der Waals surface area contributed by atoms with Gasteiger partial charge >= 0.3 is 0 Å². The molecule has 2 aromatic rings. The Kier molecular flexibility index (Phi) is 2.39. The third kappa shape index (κ3) is 1.93. The largest absolute Gasteiger partial charge is 0.507 e. The van der Waals surface area contributed by atoms with Gasteiger partial charge in [-0.3, -0.25) is 4.79 Å². The first-order chi connectivity index (χ1) is 8.25. The van der Waals surface area contributed by atoms with Crippen LogP contribution in [0.4, 0.5) is 0 Å². The molecule has 1 fully saturated rings. The van der Waals surface area contributed by atoms with Crippen molar-refractivity contribution in [2.45, 2.75) is 25.8 Å². The van der Waals surface area contributed by atoms with Crippen molar-refractivity contribution in [3.63, 3.8) is 0 Å². The summed E-state index contributed by atoms with van der Waals surface area (Å²) in [6, 6.07) is 8.82. The van der Waals surface area contributed by atoms with E-state index in [4.69, 9.17) is 0 Å². The van der Waals surface area contributed by atoms with Crippen LogP contribution in [0, 0.1) is 5.92 Å². The zero-order valence-corrected chi connectivity index (χ0v) is 9.60. The summed E-state index contributed by atoms with van der Waals surface area (Å²) in [6.45, 7) is 0.754. The normalized spacial score (nSPS) is 15.3. The molecule has 3 nitrogen and oxygen atoms in total. The second-order valence-electron chi connectivity index (χ2n) is 4.77. The highest BCUT2D eigenvalue weighted by Crippen LogP contribution is 2.33. The topological polar surface area (TPSA) is 42.2 Å². The van der Waals surface area contributed by atoms with Crippen LogP contribution in [0.1, 0.15) is 19.3 Å². The van der Waals surface area contributed by atoms with E-state index in [0.717, 1.165) is 29.8 Å². The maximum atomic E-state index is 11.9. The molecule has 3 rings (SSSR count). The zero-order valence-electron chi connectivity index (χ0n) is 9.60. The molecule has 1 heterocycles. The van der Waals surface area contributed by atoms with Gasteiger partial charge in [-0.2, -0.15) is 0 Å². The lowest BCUT2D eigenvalue weighted by Gasteiger charge is -2.10. The van der Waals surface area contributed by atoms with Crippen molar-refractivity contribution in [2.24, 2.45) is 5.92 Å². The molecule has 0 radical (unpaired) electrons. The van der Waals surface area contributed by atoms with Gasteiger partial charge in [0.2, 0.25) is 0 Å². The van der Waals surface area contributed by atoms with Crippen LogP contribution < -0.4 is 5.56 Å². The predicted molar refractivity (Wildman–Crippen MR) is 67.2 cm³/mol. The van der Waals surface area contributed by atoms with Gasteiger partial charge in [0.15, 0.2) is 0 Å². The lowest BCUT2D eigenvalue weighted by Crippen LogP contribution is -2.19. The van der Waals surface area contributed by atoms with Crippen LogP contribution in [-0.4, -0.2) is 9.67 Å². The van der Waals surface area contributed by atoms with Crippen LogP contribution in [0.3, 0.4) is 0 Å². The minimum atomic E-state index is -0.109. The molecule has 17 heavy (non-hydrogen) atoms. The fourth-order valence-electron chi connectivity index (χ4n) is 2.27. The zero-order chi connectivity index (χ0) is 11.8. The van der Waals surface area contributed by atoms with Crippen LogP contribution in [-0.2, 0) is 6.54 Å². The van der Waals surface area contributed by atoms with Crippen LogP contribution in [0.2, 0.25) is 0 Å². The van der Waals surface area contributed by atoms with Gasteiger partial charge in [0, 0.05) is 18.0 Å². The molecule has 0 spiro atoms. The third-order valence-electron chi connectivity index (χ3n) is 3.45. The first-order valence-corrected chi connectivity index (χ1v) is 6.07. The van der Waals surface area contributed by atoms with Gasteiger partial charge in [-0.15, -0.1) is 0 Å². The number of hydrogen-bond donors (Lipinski definition) is 1. The van der Waals surface area contributed by atoms with E-state index in [9.17, 15) is 9.90 Å². The molecular formula is C14H15NO2. The van der Waals surface area contributed by atoms with Gasteiger partial charge in [0.25, 0.3) is 5.56 Å². The number of nitrogens with zero attached hydrogens (tertiary/aromatic N) is 1. The van der Waals surface area contributed by atoms with Gasteiger partial charge in [0.1, 0.15) is 5.75 Å². The van der Waals surface area contributed by atoms with Gasteiger partial charge in [0.05, 0.1) is 5.52 Å². The lowest BCUT2D eigenvalue weighted by molar-refractivity contribution is 0.477. The minimum absolute atomic E-state index is 0.0771. The van der Waals surface area contributed by atoms with E-state index in [1.807, 2.05) is 24.3 Å². The van der Waals surface area contributed by atoms with E-state index < -0.39 is 0 Å². The Morgan fingerprint density at radius 3 is 2.82 bits per heavy atom. The molecule has 1 aromatic heterocycles. The fourth-order valence-corrected chi connectivity index (χ4v) is 2.27. The Labute approximate surface area is 99.3 Å². The maximum absolute atomic E-state index is 11.9. The van der Waals surface area contributed by atoms with Crippen LogP contribution in [0.5, 0.6) is 5.75 Å². The van der Waals surface area contributed by atoms with E-state index in [1.54, 1.807) is 4.57 Å². The summed E-state index contributed by atoms with van der Waals surface area (Å²) in [7, 11) is 0. The first-order valence-electron chi connectivity index (χ1n) is 6.07. The third-order valence-corrected chi connectivity index (χ3v) is 3.45. The fraction of sp³-hybridized carbons (Fsp3) is 0.357. The van der Waals surface area contributed by atoms with Crippen molar-refractivity contribution in [1.29, 1.82) is 0 Å². The molecule has 0 unspecified atom stereocenters. The van der Waals surface area contributed by atoms with Gasteiger partial charge in [-0.1, -0.05) is 25.0 Å². The predicted octanol–water partition coefficient (Wildman–Crippen LogP) is 2.51. The number of aryl methyl sites for hydroxylation is 1. The monoisotopic (exact) mass is 229 g/mol.